The summed E-state index contributed by atoms with van der Waals surface area (Å²) in [6, 6.07) is 0.214. The number of rotatable bonds is 2. The Bertz CT molecular complexity index is 526. The van der Waals surface area contributed by atoms with Crippen LogP contribution >= 0.6 is 0 Å². The number of nitrogens with zero attached hydrogens (tertiary/aromatic N) is 3. The molecular formula is C15H21N3O2. The minimum absolute atomic E-state index is 0.00367. The standard InChI is InChI=1S/C15H21N3O2/c1-9-7-17-11(8-16-9)14(19)18(4)12-10-5-6-20-13(10)15(12,2)3/h7-8,10,12-13H,5-6H2,1-4H3. The first kappa shape index (κ1) is 13.5. The lowest BCUT2D eigenvalue weighted by molar-refractivity contribution is -0.139. The second kappa shape index (κ2) is 4.52. The molecule has 20 heavy (non-hydrogen) atoms. The number of fused-ring (bicyclic) bond motifs is 1. The third kappa shape index (κ3) is 1.84. The fraction of sp³-hybridized carbons (Fsp3) is 0.667. The smallest absolute Gasteiger partial charge is 0.274 e. The highest BCUT2D eigenvalue weighted by Gasteiger charge is 2.61. The number of aromatic nitrogens is 2. The summed E-state index contributed by atoms with van der Waals surface area (Å²) in [5.74, 6) is 0.401. The lowest BCUT2D eigenvalue weighted by atomic mass is 9.57. The van der Waals surface area contributed by atoms with Gasteiger partial charge in [-0.3, -0.25) is 9.78 Å². The molecule has 2 heterocycles. The predicted molar refractivity (Wildman–Crippen MR) is 74.3 cm³/mol. The highest BCUT2D eigenvalue weighted by Crippen LogP contribution is 2.54. The number of carbonyl (C=O) groups is 1. The van der Waals surface area contributed by atoms with Gasteiger partial charge in [0, 0.05) is 37.2 Å². The summed E-state index contributed by atoms with van der Waals surface area (Å²) in [6.07, 6.45) is 4.51. The number of amides is 1. The molecule has 1 aromatic rings. The number of aryl methyl sites for hydroxylation is 1. The molecule has 3 atom stereocenters. The fourth-order valence-electron chi connectivity index (χ4n) is 3.89. The first-order valence-electron chi connectivity index (χ1n) is 7.10. The fourth-order valence-corrected chi connectivity index (χ4v) is 3.89. The van der Waals surface area contributed by atoms with Crippen LogP contribution < -0.4 is 0 Å². The van der Waals surface area contributed by atoms with Crippen molar-refractivity contribution in [2.45, 2.75) is 39.3 Å². The Morgan fingerprint density at radius 2 is 2.15 bits per heavy atom. The first-order valence-corrected chi connectivity index (χ1v) is 7.10. The average molecular weight is 275 g/mol. The zero-order chi connectivity index (χ0) is 14.5. The minimum Gasteiger partial charge on any atom is -0.377 e. The molecule has 3 unspecified atom stereocenters. The van der Waals surface area contributed by atoms with Gasteiger partial charge in [-0.1, -0.05) is 13.8 Å². The van der Waals surface area contributed by atoms with E-state index in [9.17, 15) is 4.79 Å². The molecule has 2 fully saturated rings. The molecule has 1 aliphatic carbocycles. The van der Waals surface area contributed by atoms with Crippen LogP contribution in [0.2, 0.25) is 0 Å². The van der Waals surface area contributed by atoms with Crippen LogP contribution in [0.25, 0.3) is 0 Å². The maximum absolute atomic E-state index is 12.5. The van der Waals surface area contributed by atoms with Crippen molar-refractivity contribution in [2.75, 3.05) is 13.7 Å². The van der Waals surface area contributed by atoms with Crippen LogP contribution in [0.1, 0.15) is 36.5 Å². The van der Waals surface area contributed by atoms with E-state index in [2.05, 4.69) is 23.8 Å². The van der Waals surface area contributed by atoms with Gasteiger partial charge in [-0.2, -0.15) is 0 Å². The second-order valence-corrected chi connectivity index (χ2v) is 6.47. The average Bonchev–Trinajstić information content (AvgIpc) is 2.85. The van der Waals surface area contributed by atoms with E-state index < -0.39 is 0 Å². The second-order valence-electron chi connectivity index (χ2n) is 6.47. The molecule has 2 aliphatic rings. The van der Waals surface area contributed by atoms with Gasteiger partial charge in [0.2, 0.25) is 0 Å². The minimum atomic E-state index is -0.0547. The molecule has 0 spiro atoms. The van der Waals surface area contributed by atoms with E-state index in [-0.39, 0.29) is 23.5 Å². The lowest BCUT2D eigenvalue weighted by Gasteiger charge is -2.57. The van der Waals surface area contributed by atoms with Gasteiger partial charge >= 0.3 is 0 Å². The summed E-state index contributed by atoms with van der Waals surface area (Å²) in [7, 11) is 1.87. The molecule has 5 nitrogen and oxygen atoms in total. The molecule has 0 bridgehead atoms. The topological polar surface area (TPSA) is 55.3 Å². The predicted octanol–water partition coefficient (Wildman–Crippen LogP) is 1.67. The van der Waals surface area contributed by atoms with E-state index in [1.807, 2.05) is 18.9 Å². The molecule has 3 rings (SSSR count). The van der Waals surface area contributed by atoms with Gasteiger partial charge in [-0.15, -0.1) is 0 Å². The van der Waals surface area contributed by atoms with Crippen LogP contribution in [0, 0.1) is 18.3 Å². The van der Waals surface area contributed by atoms with Crippen molar-refractivity contribution in [3.8, 4) is 0 Å². The Hall–Kier alpha value is -1.49. The van der Waals surface area contributed by atoms with E-state index in [4.69, 9.17) is 4.74 Å². The third-order valence-electron chi connectivity index (χ3n) is 4.78. The summed E-state index contributed by atoms with van der Waals surface area (Å²) < 4.78 is 5.78. The van der Waals surface area contributed by atoms with E-state index in [0.717, 1.165) is 18.7 Å². The monoisotopic (exact) mass is 275 g/mol. The molecule has 1 aliphatic heterocycles. The Labute approximate surface area is 119 Å². The quantitative estimate of drug-likeness (QED) is 0.824. The van der Waals surface area contributed by atoms with Gasteiger partial charge in [-0.05, 0) is 13.3 Å². The largest absolute Gasteiger partial charge is 0.377 e. The Morgan fingerprint density at radius 3 is 2.80 bits per heavy atom. The van der Waals surface area contributed by atoms with Crippen LogP contribution in [-0.2, 0) is 4.74 Å². The lowest BCUT2D eigenvalue weighted by Crippen LogP contribution is -2.66. The maximum atomic E-state index is 12.5. The highest BCUT2D eigenvalue weighted by molar-refractivity contribution is 5.92. The van der Waals surface area contributed by atoms with Crippen LogP contribution in [0.4, 0.5) is 0 Å². The van der Waals surface area contributed by atoms with Crippen molar-refractivity contribution in [1.82, 2.24) is 14.9 Å². The van der Waals surface area contributed by atoms with Crippen molar-refractivity contribution in [3.63, 3.8) is 0 Å². The molecule has 1 saturated heterocycles. The van der Waals surface area contributed by atoms with Crippen LogP contribution in [0.3, 0.4) is 0 Å². The van der Waals surface area contributed by atoms with Crippen molar-refractivity contribution in [2.24, 2.45) is 11.3 Å². The normalized spacial score (nSPS) is 30.5. The van der Waals surface area contributed by atoms with Crippen LogP contribution in [0.15, 0.2) is 12.4 Å². The SMILES string of the molecule is Cc1cnc(C(=O)N(C)C2C3CCOC3C2(C)C)cn1. The van der Waals surface area contributed by atoms with Crippen molar-refractivity contribution in [3.05, 3.63) is 23.8 Å². The summed E-state index contributed by atoms with van der Waals surface area (Å²) >= 11 is 0. The van der Waals surface area contributed by atoms with Gasteiger partial charge in [0.1, 0.15) is 5.69 Å². The highest BCUT2D eigenvalue weighted by atomic mass is 16.5. The van der Waals surface area contributed by atoms with E-state index in [1.54, 1.807) is 12.4 Å². The Morgan fingerprint density at radius 1 is 1.40 bits per heavy atom. The number of ether oxygens (including phenoxy) is 1. The maximum Gasteiger partial charge on any atom is 0.274 e. The van der Waals surface area contributed by atoms with Gasteiger partial charge in [0.15, 0.2) is 0 Å². The molecular weight excluding hydrogens is 254 g/mol. The van der Waals surface area contributed by atoms with Crippen LogP contribution in [-0.4, -0.2) is 46.6 Å². The van der Waals surface area contributed by atoms with E-state index in [1.165, 1.54) is 0 Å². The van der Waals surface area contributed by atoms with E-state index >= 15 is 0 Å². The van der Waals surface area contributed by atoms with Gasteiger partial charge < -0.3 is 9.64 Å². The van der Waals surface area contributed by atoms with Gasteiger partial charge in [-0.25, -0.2) is 4.98 Å². The molecule has 1 amide bonds. The molecule has 0 radical (unpaired) electrons. The molecule has 0 N–H and O–H groups in total. The summed E-state index contributed by atoms with van der Waals surface area (Å²) in [5, 5.41) is 0. The van der Waals surface area contributed by atoms with Crippen LogP contribution in [0.5, 0.6) is 0 Å². The molecule has 108 valence electrons. The van der Waals surface area contributed by atoms with Crippen molar-refractivity contribution >= 4 is 5.91 Å². The Balaban J connectivity index is 1.80. The summed E-state index contributed by atoms with van der Waals surface area (Å²) in [5.41, 5.74) is 1.23. The number of hydrogen-bond acceptors (Lipinski definition) is 4. The Kier molecular flexibility index (Phi) is 3.05. The first-order chi connectivity index (χ1) is 9.43. The van der Waals surface area contributed by atoms with Crippen molar-refractivity contribution in [1.29, 1.82) is 0 Å². The summed E-state index contributed by atoms with van der Waals surface area (Å²) in [4.78, 5) is 22.7. The zero-order valence-electron chi connectivity index (χ0n) is 12.5. The zero-order valence-corrected chi connectivity index (χ0v) is 12.5. The van der Waals surface area contributed by atoms with Gasteiger partial charge in [0.25, 0.3) is 5.91 Å². The van der Waals surface area contributed by atoms with E-state index in [0.29, 0.717) is 11.6 Å². The number of carbonyl (C=O) groups excluding carboxylic acids is 1. The third-order valence-corrected chi connectivity index (χ3v) is 4.78. The summed E-state index contributed by atoms with van der Waals surface area (Å²) in [6.45, 7) is 7.02. The van der Waals surface area contributed by atoms with Crippen molar-refractivity contribution < 1.29 is 9.53 Å². The molecule has 1 saturated carbocycles. The molecule has 1 aromatic heterocycles. The van der Waals surface area contributed by atoms with Gasteiger partial charge in [0.05, 0.1) is 18.0 Å². The number of hydrogen-bond donors (Lipinski definition) is 0. The molecule has 5 heteroatoms. The molecule has 0 aromatic carbocycles.